The van der Waals surface area contributed by atoms with Crippen molar-refractivity contribution in [1.82, 2.24) is 0 Å². The van der Waals surface area contributed by atoms with Gasteiger partial charge in [-0.2, -0.15) is 0 Å². The molecule has 4 aromatic rings. The number of rotatable bonds is 8. The summed E-state index contributed by atoms with van der Waals surface area (Å²) in [5.74, 6) is 0. The highest BCUT2D eigenvalue weighted by Crippen LogP contribution is 2.27. The third kappa shape index (κ3) is 7.40. The molecule has 4 aromatic carbocycles. The summed E-state index contributed by atoms with van der Waals surface area (Å²) >= 11 is 7.27. The molecule has 0 fully saturated rings. The maximum absolute atomic E-state index is 4.64. The number of nitrogens with zero attached hydrogens (tertiary/aromatic N) is 4. The highest BCUT2D eigenvalue weighted by atomic mass is 79.9. The summed E-state index contributed by atoms with van der Waals surface area (Å²) < 4.78 is 2.11. The van der Waals surface area contributed by atoms with Gasteiger partial charge in [-0.05, 0) is 109 Å². The minimum Gasteiger partial charge on any atom is -0.377 e. The molecule has 0 amide bonds. The minimum atomic E-state index is 0.867. The summed E-state index contributed by atoms with van der Waals surface area (Å²) in [5.41, 5.74) is 8.77. The Morgan fingerprint density at radius 2 is 0.946 bits per heavy atom. The molecule has 0 aliphatic carbocycles. The minimum absolute atomic E-state index is 0.867. The normalized spacial score (nSPS) is 11.4. The summed E-state index contributed by atoms with van der Waals surface area (Å²) in [5, 5.41) is 0. The van der Waals surface area contributed by atoms with Crippen LogP contribution in [0.2, 0.25) is 0 Å². The molecule has 0 atom stereocenters. The zero-order chi connectivity index (χ0) is 26.4. The fraction of sp³-hybridized carbons (Fsp3) is 0.161. The van der Waals surface area contributed by atoms with Crippen LogP contribution in [-0.4, -0.2) is 40.6 Å². The van der Waals surface area contributed by atoms with Gasteiger partial charge in [0.2, 0.25) is 0 Å². The second-order valence-corrected chi connectivity index (χ2v) is 10.9. The first-order chi connectivity index (χ1) is 17.8. The summed E-state index contributed by atoms with van der Waals surface area (Å²) in [4.78, 5) is 13.4. The van der Waals surface area contributed by atoms with Crippen LogP contribution in [0.15, 0.2) is 104 Å². The van der Waals surface area contributed by atoms with E-state index in [1.807, 2.05) is 40.6 Å². The Balaban J connectivity index is 1.35. The van der Waals surface area contributed by atoms with Crippen molar-refractivity contribution in [2.75, 3.05) is 38.0 Å². The van der Waals surface area contributed by atoms with Crippen LogP contribution in [0.25, 0.3) is 0 Å². The number of benzene rings is 4. The lowest BCUT2D eigenvalue weighted by Crippen LogP contribution is -2.09. The number of halogens is 2. The van der Waals surface area contributed by atoms with Crippen LogP contribution in [-0.2, 0) is 6.42 Å². The largest absolute Gasteiger partial charge is 0.377 e. The molecule has 188 valence electrons. The van der Waals surface area contributed by atoms with E-state index in [2.05, 4.69) is 137 Å². The SMILES string of the molecule is CN(C)c1ccc(C=Nc2ccc(Cc3ccc(N=Cc4ccc(N(C)C)c(Br)c4)cc3)cc2)cc1Br. The van der Waals surface area contributed by atoms with Crippen LogP contribution in [0.3, 0.4) is 0 Å². The molecule has 0 radical (unpaired) electrons. The molecule has 0 bridgehead atoms. The molecule has 0 aromatic heterocycles. The van der Waals surface area contributed by atoms with Gasteiger partial charge in [-0.1, -0.05) is 36.4 Å². The summed E-state index contributed by atoms with van der Waals surface area (Å²) in [6.07, 6.45) is 4.66. The van der Waals surface area contributed by atoms with Crippen molar-refractivity contribution in [2.45, 2.75) is 6.42 Å². The highest BCUT2D eigenvalue weighted by Gasteiger charge is 2.04. The third-order valence-electron chi connectivity index (χ3n) is 5.91. The predicted octanol–water partition coefficient (Wildman–Crippen LogP) is 8.44. The van der Waals surface area contributed by atoms with Gasteiger partial charge >= 0.3 is 0 Å². The van der Waals surface area contributed by atoms with Crippen molar-refractivity contribution in [3.63, 3.8) is 0 Å². The van der Waals surface area contributed by atoms with Crippen LogP contribution < -0.4 is 9.80 Å². The van der Waals surface area contributed by atoms with Gasteiger partial charge in [-0.25, -0.2) is 0 Å². The lowest BCUT2D eigenvalue weighted by Gasteiger charge is -2.14. The monoisotopic (exact) mass is 616 g/mol. The summed E-state index contributed by atoms with van der Waals surface area (Å²) in [7, 11) is 8.13. The Hall–Kier alpha value is -3.22. The van der Waals surface area contributed by atoms with Crippen molar-refractivity contribution in [2.24, 2.45) is 9.98 Å². The van der Waals surface area contributed by atoms with E-state index < -0.39 is 0 Å². The Labute approximate surface area is 236 Å². The Morgan fingerprint density at radius 3 is 1.27 bits per heavy atom. The van der Waals surface area contributed by atoms with E-state index in [1.54, 1.807) is 0 Å². The van der Waals surface area contributed by atoms with Gasteiger partial charge < -0.3 is 9.80 Å². The van der Waals surface area contributed by atoms with Gasteiger partial charge in [0, 0.05) is 49.6 Å². The Bertz CT molecular complexity index is 1300. The molecular weight excluding hydrogens is 588 g/mol. The zero-order valence-electron chi connectivity index (χ0n) is 21.5. The molecule has 0 N–H and O–H groups in total. The lowest BCUT2D eigenvalue weighted by molar-refractivity contribution is 1.12. The second kappa shape index (κ2) is 12.3. The Morgan fingerprint density at radius 1 is 0.568 bits per heavy atom. The van der Waals surface area contributed by atoms with Crippen molar-refractivity contribution < 1.29 is 0 Å². The molecule has 4 nitrogen and oxygen atoms in total. The summed E-state index contributed by atoms with van der Waals surface area (Å²) in [6, 6.07) is 29.3. The van der Waals surface area contributed by atoms with E-state index in [-0.39, 0.29) is 0 Å². The van der Waals surface area contributed by atoms with Crippen molar-refractivity contribution >= 4 is 67.0 Å². The van der Waals surface area contributed by atoms with Crippen molar-refractivity contribution in [1.29, 1.82) is 0 Å². The number of hydrogen-bond donors (Lipinski definition) is 0. The van der Waals surface area contributed by atoms with Gasteiger partial charge in [0.25, 0.3) is 0 Å². The second-order valence-electron chi connectivity index (χ2n) is 9.24. The smallest absolute Gasteiger partial charge is 0.0630 e. The predicted molar refractivity (Wildman–Crippen MR) is 167 cm³/mol. The first-order valence-corrected chi connectivity index (χ1v) is 13.6. The van der Waals surface area contributed by atoms with E-state index in [4.69, 9.17) is 0 Å². The third-order valence-corrected chi connectivity index (χ3v) is 7.18. The molecule has 0 aliphatic rings. The quantitative estimate of drug-likeness (QED) is 0.186. The van der Waals surface area contributed by atoms with Crippen LogP contribution in [0.4, 0.5) is 22.7 Å². The maximum Gasteiger partial charge on any atom is 0.0630 e. The fourth-order valence-corrected chi connectivity index (χ4v) is 5.37. The highest BCUT2D eigenvalue weighted by molar-refractivity contribution is 9.11. The molecule has 0 spiro atoms. The molecule has 0 heterocycles. The van der Waals surface area contributed by atoms with Crippen LogP contribution in [0.1, 0.15) is 22.3 Å². The molecular formula is C31H30Br2N4. The van der Waals surface area contributed by atoms with Crippen LogP contribution in [0, 0.1) is 0 Å². The van der Waals surface area contributed by atoms with Crippen molar-refractivity contribution in [3.8, 4) is 0 Å². The maximum atomic E-state index is 4.64. The Kier molecular flexibility index (Phi) is 8.95. The van der Waals surface area contributed by atoms with Gasteiger partial charge in [0.15, 0.2) is 0 Å². The molecule has 0 unspecified atom stereocenters. The van der Waals surface area contributed by atoms with Gasteiger partial charge in [-0.15, -0.1) is 0 Å². The zero-order valence-corrected chi connectivity index (χ0v) is 24.7. The van der Waals surface area contributed by atoms with E-state index in [9.17, 15) is 0 Å². The van der Waals surface area contributed by atoms with E-state index in [0.29, 0.717) is 0 Å². The van der Waals surface area contributed by atoms with Crippen LogP contribution in [0.5, 0.6) is 0 Å². The van der Waals surface area contributed by atoms with E-state index in [1.165, 1.54) is 11.1 Å². The first kappa shape index (κ1) is 26.8. The average Bonchev–Trinajstić information content (AvgIpc) is 2.87. The van der Waals surface area contributed by atoms with E-state index in [0.717, 1.165) is 49.2 Å². The average molecular weight is 618 g/mol. The topological polar surface area (TPSA) is 31.2 Å². The number of anilines is 2. The van der Waals surface area contributed by atoms with Gasteiger partial charge in [0.1, 0.15) is 0 Å². The molecule has 0 saturated heterocycles. The van der Waals surface area contributed by atoms with E-state index >= 15 is 0 Å². The number of aliphatic imine (C=N–C) groups is 2. The lowest BCUT2D eigenvalue weighted by atomic mass is 10.0. The standard InChI is InChI=1S/C31H30Br2N4/c1-36(2)30-15-9-24(18-28(30)32)20-34-26-11-5-22(6-12-26)17-23-7-13-27(14-8-23)35-21-25-10-16-31(37(3)4)29(33)19-25/h5-16,18-21H,17H2,1-4H3. The van der Waals surface area contributed by atoms with Crippen LogP contribution >= 0.6 is 31.9 Å². The summed E-state index contributed by atoms with van der Waals surface area (Å²) in [6.45, 7) is 0. The molecule has 0 aliphatic heterocycles. The molecule has 0 saturated carbocycles. The first-order valence-electron chi connectivity index (χ1n) is 12.0. The molecule has 37 heavy (non-hydrogen) atoms. The number of hydrogen-bond acceptors (Lipinski definition) is 4. The van der Waals surface area contributed by atoms with Gasteiger partial charge in [0.05, 0.1) is 22.7 Å². The molecule has 4 rings (SSSR count). The molecule has 6 heteroatoms. The van der Waals surface area contributed by atoms with Crippen molar-refractivity contribution in [3.05, 3.63) is 116 Å². The fourth-order valence-electron chi connectivity index (χ4n) is 3.87. The van der Waals surface area contributed by atoms with Gasteiger partial charge in [-0.3, -0.25) is 9.98 Å².